The van der Waals surface area contributed by atoms with E-state index in [0.29, 0.717) is 0 Å². The smallest absolute Gasteiger partial charge is 0.191 e. The molecule has 1 aromatic carbocycles. The zero-order valence-corrected chi connectivity index (χ0v) is 14.5. The Bertz CT molecular complexity index is 652. The maximum Gasteiger partial charge on any atom is 0.191 e. The highest BCUT2D eigenvalue weighted by Gasteiger charge is 2.11. The van der Waals surface area contributed by atoms with E-state index in [9.17, 15) is 0 Å². The molecular weight excluding hydrogens is 296 g/mol. The van der Waals surface area contributed by atoms with E-state index in [4.69, 9.17) is 11.6 Å². The van der Waals surface area contributed by atoms with E-state index < -0.39 is 0 Å². The summed E-state index contributed by atoms with van der Waals surface area (Å²) in [6.07, 6.45) is 2.92. The minimum absolute atomic E-state index is 0.00465. The third-order valence-electron chi connectivity index (χ3n) is 3.22. The molecule has 0 radical (unpaired) electrons. The first-order chi connectivity index (χ1) is 10.4. The summed E-state index contributed by atoms with van der Waals surface area (Å²) in [5.74, 6) is 0.855. The summed E-state index contributed by atoms with van der Waals surface area (Å²) in [7, 11) is 0. The van der Waals surface area contributed by atoms with Gasteiger partial charge in [-0.1, -0.05) is 11.6 Å². The Kier molecular flexibility index (Phi) is 5.35. The maximum absolute atomic E-state index is 6.08. The first-order valence-corrected chi connectivity index (χ1v) is 8.09. The molecule has 3 N–H and O–H groups in total. The Balaban J connectivity index is 2.06. The Morgan fingerprint density at radius 2 is 2.09 bits per heavy atom. The molecule has 0 aliphatic heterocycles. The quantitative estimate of drug-likeness (QED) is 0.594. The number of aromatic nitrogens is 1. The number of aromatic amines is 1. The zero-order chi connectivity index (χ0) is 16.2. The van der Waals surface area contributed by atoms with Crippen LogP contribution in [0.15, 0.2) is 29.4 Å². The van der Waals surface area contributed by atoms with Crippen LogP contribution in [0, 0.1) is 0 Å². The highest BCUT2D eigenvalue weighted by Crippen LogP contribution is 2.22. The lowest BCUT2D eigenvalue weighted by molar-refractivity contribution is 0.501. The summed E-state index contributed by atoms with van der Waals surface area (Å²) in [6, 6.07) is 5.92. The molecule has 1 heterocycles. The van der Waals surface area contributed by atoms with Crippen LogP contribution >= 0.6 is 11.6 Å². The Hall–Kier alpha value is -1.68. The number of fused-ring (bicyclic) bond motifs is 1. The van der Waals surface area contributed by atoms with E-state index in [1.165, 1.54) is 10.9 Å². The van der Waals surface area contributed by atoms with Gasteiger partial charge in [-0.2, -0.15) is 0 Å². The van der Waals surface area contributed by atoms with Gasteiger partial charge < -0.3 is 15.6 Å². The number of halogens is 1. The molecule has 0 bridgehead atoms. The molecule has 0 amide bonds. The predicted octanol–water partition coefficient (Wildman–Crippen LogP) is 3.72. The van der Waals surface area contributed by atoms with E-state index in [1.807, 2.05) is 24.4 Å². The fraction of sp³-hybridized carbons (Fsp3) is 0.471. The predicted molar refractivity (Wildman–Crippen MR) is 95.9 cm³/mol. The molecule has 0 atom stereocenters. The summed E-state index contributed by atoms with van der Waals surface area (Å²) >= 11 is 6.08. The number of guanidine groups is 1. The van der Waals surface area contributed by atoms with Gasteiger partial charge in [0.2, 0.25) is 0 Å². The number of H-pyrrole nitrogens is 1. The van der Waals surface area contributed by atoms with Crippen LogP contribution in [-0.2, 0) is 6.42 Å². The van der Waals surface area contributed by atoms with E-state index in [0.717, 1.165) is 36.0 Å². The van der Waals surface area contributed by atoms with Crippen LogP contribution in [0.2, 0.25) is 5.02 Å². The molecular formula is C17H25ClN4. The third kappa shape index (κ3) is 4.67. The monoisotopic (exact) mass is 320 g/mol. The van der Waals surface area contributed by atoms with Crippen LogP contribution in [0.3, 0.4) is 0 Å². The largest absolute Gasteiger partial charge is 0.361 e. The fourth-order valence-corrected chi connectivity index (χ4v) is 2.48. The zero-order valence-electron chi connectivity index (χ0n) is 13.8. The number of hydrogen-bond donors (Lipinski definition) is 3. The number of aliphatic imine (C=N–C) groups is 1. The fourth-order valence-electron chi connectivity index (χ4n) is 2.31. The lowest BCUT2D eigenvalue weighted by atomic mass is 10.1. The molecule has 120 valence electrons. The molecule has 2 rings (SSSR count). The average Bonchev–Trinajstić information content (AvgIpc) is 2.80. The maximum atomic E-state index is 6.08. The molecule has 22 heavy (non-hydrogen) atoms. The molecule has 1 aromatic heterocycles. The van der Waals surface area contributed by atoms with E-state index in [-0.39, 0.29) is 5.54 Å². The highest BCUT2D eigenvalue weighted by atomic mass is 35.5. The second-order valence-corrected chi connectivity index (χ2v) is 6.83. The summed E-state index contributed by atoms with van der Waals surface area (Å²) in [5.41, 5.74) is 2.35. The van der Waals surface area contributed by atoms with Crippen LogP contribution < -0.4 is 10.6 Å². The second kappa shape index (κ2) is 7.05. The topological polar surface area (TPSA) is 52.2 Å². The van der Waals surface area contributed by atoms with Crippen molar-refractivity contribution in [3.8, 4) is 0 Å². The molecule has 0 saturated carbocycles. The summed E-state index contributed by atoms with van der Waals surface area (Å²) in [6.45, 7) is 10.0. The van der Waals surface area contributed by atoms with E-state index in [2.05, 4.69) is 48.3 Å². The van der Waals surface area contributed by atoms with Crippen molar-refractivity contribution in [2.75, 3.05) is 13.1 Å². The van der Waals surface area contributed by atoms with Crippen molar-refractivity contribution in [1.82, 2.24) is 15.6 Å². The van der Waals surface area contributed by atoms with Gasteiger partial charge in [0.25, 0.3) is 0 Å². The van der Waals surface area contributed by atoms with Crippen LogP contribution in [0.4, 0.5) is 0 Å². The van der Waals surface area contributed by atoms with Crippen molar-refractivity contribution >= 4 is 28.5 Å². The van der Waals surface area contributed by atoms with Gasteiger partial charge in [-0.05, 0) is 57.9 Å². The van der Waals surface area contributed by atoms with Crippen LogP contribution in [0.25, 0.3) is 10.9 Å². The number of nitrogens with one attached hydrogen (secondary N) is 3. The van der Waals surface area contributed by atoms with Crippen LogP contribution in [-0.4, -0.2) is 29.6 Å². The van der Waals surface area contributed by atoms with Crippen molar-refractivity contribution in [3.05, 3.63) is 35.0 Å². The van der Waals surface area contributed by atoms with Gasteiger partial charge in [0.15, 0.2) is 5.96 Å². The summed E-state index contributed by atoms with van der Waals surface area (Å²) in [4.78, 5) is 7.93. The van der Waals surface area contributed by atoms with Crippen molar-refractivity contribution in [3.63, 3.8) is 0 Å². The summed E-state index contributed by atoms with van der Waals surface area (Å²) < 4.78 is 0. The number of nitrogens with zero attached hydrogens (tertiary/aromatic N) is 1. The van der Waals surface area contributed by atoms with Gasteiger partial charge in [-0.25, -0.2) is 0 Å². The van der Waals surface area contributed by atoms with Gasteiger partial charge in [0, 0.05) is 40.8 Å². The molecule has 0 spiro atoms. The minimum atomic E-state index is -0.00465. The average molecular weight is 321 g/mol. The van der Waals surface area contributed by atoms with Crippen molar-refractivity contribution in [2.45, 2.75) is 39.7 Å². The molecule has 0 unspecified atom stereocenters. The Morgan fingerprint density at radius 3 is 2.77 bits per heavy atom. The number of benzene rings is 1. The second-order valence-electron chi connectivity index (χ2n) is 6.39. The summed E-state index contributed by atoms with van der Waals surface area (Å²) in [5, 5.41) is 8.61. The Labute approximate surface area is 137 Å². The molecule has 0 saturated heterocycles. The van der Waals surface area contributed by atoms with Crippen molar-refractivity contribution < 1.29 is 0 Å². The Morgan fingerprint density at radius 1 is 1.32 bits per heavy atom. The van der Waals surface area contributed by atoms with Gasteiger partial charge in [-0.15, -0.1) is 0 Å². The van der Waals surface area contributed by atoms with Gasteiger partial charge in [0.05, 0.1) is 0 Å². The van der Waals surface area contributed by atoms with Crippen molar-refractivity contribution in [1.29, 1.82) is 0 Å². The van der Waals surface area contributed by atoms with Crippen LogP contribution in [0.1, 0.15) is 33.3 Å². The third-order valence-corrected chi connectivity index (χ3v) is 3.45. The van der Waals surface area contributed by atoms with Gasteiger partial charge in [-0.3, -0.25) is 4.99 Å². The van der Waals surface area contributed by atoms with Crippen molar-refractivity contribution in [2.24, 2.45) is 4.99 Å². The molecule has 2 aromatic rings. The standard InChI is InChI=1S/C17H25ClN4/c1-5-19-16(22-17(2,3)4)20-9-8-12-11-21-15-7-6-13(18)10-14(12)15/h6-7,10-11,21H,5,8-9H2,1-4H3,(H2,19,20,22). The lowest BCUT2D eigenvalue weighted by Gasteiger charge is -2.23. The molecule has 0 fully saturated rings. The van der Waals surface area contributed by atoms with Crippen LogP contribution in [0.5, 0.6) is 0 Å². The molecule has 0 aliphatic carbocycles. The minimum Gasteiger partial charge on any atom is -0.361 e. The number of hydrogen-bond acceptors (Lipinski definition) is 1. The molecule has 0 aliphatic rings. The van der Waals surface area contributed by atoms with E-state index in [1.54, 1.807) is 0 Å². The lowest BCUT2D eigenvalue weighted by Crippen LogP contribution is -2.47. The molecule has 4 nitrogen and oxygen atoms in total. The first-order valence-electron chi connectivity index (χ1n) is 7.71. The molecule has 5 heteroatoms. The highest BCUT2D eigenvalue weighted by molar-refractivity contribution is 6.31. The number of rotatable bonds is 4. The van der Waals surface area contributed by atoms with Gasteiger partial charge >= 0.3 is 0 Å². The van der Waals surface area contributed by atoms with E-state index >= 15 is 0 Å². The SMILES string of the molecule is CCNC(=NCCc1c[nH]c2ccc(Cl)cc12)NC(C)(C)C. The normalized spacial score (nSPS) is 12.7. The first kappa shape index (κ1) is 16.7. The van der Waals surface area contributed by atoms with Gasteiger partial charge in [0.1, 0.15) is 0 Å².